The summed E-state index contributed by atoms with van der Waals surface area (Å²) in [7, 11) is 3.16. The maximum atomic E-state index is 13.9. The third kappa shape index (κ3) is 7.17. The lowest BCUT2D eigenvalue weighted by atomic mass is 9.80. The molecule has 7 rings (SSSR count). The van der Waals surface area contributed by atoms with Crippen molar-refractivity contribution >= 4 is 11.8 Å². The zero-order valence-electron chi connectivity index (χ0n) is 31.3. The molecule has 290 valence electrons. The van der Waals surface area contributed by atoms with E-state index in [1.165, 1.54) is 6.20 Å². The number of carbonyl (C=O) groups excluding carboxylic acids is 2. The van der Waals surface area contributed by atoms with Crippen LogP contribution in [0.5, 0.6) is 11.5 Å². The fraction of sp³-hybridized carbons (Fsp3) is 0.302. The average molecular weight is 762 g/mol. The van der Waals surface area contributed by atoms with Gasteiger partial charge in [0.25, 0.3) is 17.4 Å². The van der Waals surface area contributed by atoms with E-state index >= 15 is 0 Å². The topological polar surface area (TPSA) is 159 Å². The van der Waals surface area contributed by atoms with Crippen LogP contribution in [-0.2, 0) is 26.3 Å². The molecule has 13 nitrogen and oxygen atoms in total. The molecule has 0 aliphatic carbocycles. The smallest absolute Gasteiger partial charge is 0.330 e. The second-order valence-corrected chi connectivity index (χ2v) is 13.7. The molecular formula is C43H43N3O10. The average Bonchev–Trinajstić information content (AvgIpc) is 3.66. The van der Waals surface area contributed by atoms with Crippen molar-refractivity contribution in [2.75, 3.05) is 20.8 Å². The summed E-state index contributed by atoms with van der Waals surface area (Å²) in [6.07, 6.45) is -1.03. The standard InChI is InChI=1S/C43H43N3O10/c1-4-5-7-11-27-12-10-15-33-36(27)40(50)46(39(33)49)56-38-37(48)34(55-41(38)45-25-24-35(47)44-42(45)51)26-54-43(28-13-8-6-9-14-28,29-16-20-31(52-2)21-17-29)30-18-22-32(53-3)23-19-30/h6,8-10,12-25,34,37-38,41,48H,4-5,7,11,26H2,1-3H3,(H,44,47,51)/t34-,37-,38-,41-/m1/s1. The van der Waals surface area contributed by atoms with Crippen molar-refractivity contribution in [2.24, 2.45) is 0 Å². The second kappa shape index (κ2) is 16.5. The van der Waals surface area contributed by atoms with Gasteiger partial charge in [-0.25, -0.2) is 4.79 Å². The van der Waals surface area contributed by atoms with Crippen LogP contribution in [0.2, 0.25) is 0 Å². The Balaban J connectivity index is 1.26. The van der Waals surface area contributed by atoms with Crippen LogP contribution in [-0.4, -0.2) is 70.7 Å². The Morgan fingerprint density at radius 2 is 1.41 bits per heavy atom. The third-order valence-corrected chi connectivity index (χ3v) is 10.3. The largest absolute Gasteiger partial charge is 0.497 e. The van der Waals surface area contributed by atoms with Crippen molar-refractivity contribution in [1.29, 1.82) is 0 Å². The van der Waals surface area contributed by atoms with Crippen molar-refractivity contribution in [3.63, 3.8) is 0 Å². The lowest BCUT2D eigenvalue weighted by molar-refractivity contribution is -0.178. The Morgan fingerprint density at radius 1 is 0.768 bits per heavy atom. The second-order valence-electron chi connectivity index (χ2n) is 13.7. The summed E-state index contributed by atoms with van der Waals surface area (Å²) >= 11 is 0. The van der Waals surface area contributed by atoms with Gasteiger partial charge in [0.2, 0.25) is 0 Å². The van der Waals surface area contributed by atoms with Gasteiger partial charge in [-0.15, -0.1) is 5.06 Å². The van der Waals surface area contributed by atoms with E-state index in [1.54, 1.807) is 26.4 Å². The molecule has 0 bridgehead atoms. The molecule has 3 heterocycles. The van der Waals surface area contributed by atoms with Gasteiger partial charge in [0.05, 0.1) is 32.0 Å². The van der Waals surface area contributed by atoms with E-state index in [2.05, 4.69) is 11.9 Å². The van der Waals surface area contributed by atoms with E-state index in [0.29, 0.717) is 23.0 Å². The van der Waals surface area contributed by atoms with E-state index in [0.717, 1.165) is 52.1 Å². The highest BCUT2D eigenvalue weighted by Gasteiger charge is 2.51. The lowest BCUT2D eigenvalue weighted by Crippen LogP contribution is -2.45. The van der Waals surface area contributed by atoms with Gasteiger partial charge in [-0.3, -0.25) is 28.8 Å². The van der Waals surface area contributed by atoms with E-state index in [9.17, 15) is 24.3 Å². The molecule has 0 spiro atoms. The molecule has 1 fully saturated rings. The number of methoxy groups -OCH3 is 2. The molecule has 5 aromatic rings. The van der Waals surface area contributed by atoms with E-state index in [4.69, 9.17) is 23.8 Å². The number of aryl methyl sites for hydroxylation is 1. The van der Waals surface area contributed by atoms with Crippen LogP contribution in [0, 0.1) is 0 Å². The molecule has 4 aromatic carbocycles. The minimum Gasteiger partial charge on any atom is -0.497 e. The molecule has 4 atom stereocenters. The van der Waals surface area contributed by atoms with Gasteiger partial charge in [0.15, 0.2) is 12.3 Å². The number of hydrogen-bond acceptors (Lipinski definition) is 10. The fourth-order valence-corrected chi connectivity index (χ4v) is 7.43. The van der Waals surface area contributed by atoms with Gasteiger partial charge in [-0.1, -0.05) is 86.5 Å². The predicted octanol–water partition coefficient (Wildman–Crippen LogP) is 5.15. The number of unbranched alkanes of at least 4 members (excludes halogenated alkanes) is 2. The molecular weight excluding hydrogens is 718 g/mol. The van der Waals surface area contributed by atoms with Gasteiger partial charge in [0.1, 0.15) is 29.3 Å². The highest BCUT2D eigenvalue weighted by molar-refractivity contribution is 6.21. The van der Waals surface area contributed by atoms with Crippen LogP contribution < -0.4 is 20.7 Å². The maximum absolute atomic E-state index is 13.9. The number of hydroxylamine groups is 2. The highest BCUT2D eigenvalue weighted by atomic mass is 16.7. The van der Waals surface area contributed by atoms with Crippen LogP contribution in [0.15, 0.2) is 119 Å². The summed E-state index contributed by atoms with van der Waals surface area (Å²) in [5.74, 6) is -0.117. The van der Waals surface area contributed by atoms with Crippen molar-refractivity contribution < 1.29 is 38.5 Å². The predicted molar refractivity (Wildman–Crippen MR) is 205 cm³/mol. The number of aliphatic hydroxyl groups excluding tert-OH is 1. The molecule has 1 aromatic heterocycles. The Labute approximate surface area is 322 Å². The SMILES string of the molecule is CCCCCc1cccc2c1C(=O)N(O[C@@H]1[C@H](O)[C@@H](COC(c3ccccc3)(c3ccc(OC)cc3)c3ccc(OC)cc3)O[C@H]1n1ccc(=O)[nH]c1=O)C2=O. The number of aromatic nitrogens is 2. The van der Waals surface area contributed by atoms with Crippen molar-refractivity contribution in [3.8, 4) is 11.5 Å². The Hall–Kier alpha value is -5.86. The summed E-state index contributed by atoms with van der Waals surface area (Å²) in [4.78, 5) is 61.2. The molecule has 2 N–H and O–H groups in total. The molecule has 2 amide bonds. The zero-order chi connectivity index (χ0) is 39.4. The number of ether oxygens (including phenoxy) is 4. The first-order valence-corrected chi connectivity index (χ1v) is 18.5. The summed E-state index contributed by atoms with van der Waals surface area (Å²) in [6, 6.07) is 30.6. The molecule has 1 saturated heterocycles. The fourth-order valence-electron chi connectivity index (χ4n) is 7.43. The van der Waals surface area contributed by atoms with Gasteiger partial charge in [-0.2, -0.15) is 0 Å². The molecule has 0 unspecified atom stereocenters. The van der Waals surface area contributed by atoms with Crippen LogP contribution >= 0.6 is 0 Å². The lowest BCUT2D eigenvalue weighted by Gasteiger charge is -2.37. The normalized spacial score (nSPS) is 19.3. The van der Waals surface area contributed by atoms with E-state index < -0.39 is 53.2 Å². The minimum atomic E-state index is -1.55. The summed E-state index contributed by atoms with van der Waals surface area (Å²) in [5, 5.41) is 12.6. The number of H-pyrrole nitrogens is 1. The number of aliphatic hydroxyl groups is 1. The van der Waals surface area contributed by atoms with Crippen LogP contribution in [0.25, 0.3) is 0 Å². The van der Waals surface area contributed by atoms with E-state index in [-0.39, 0.29) is 17.7 Å². The summed E-state index contributed by atoms with van der Waals surface area (Å²) in [6.45, 7) is 1.81. The molecule has 13 heteroatoms. The third-order valence-electron chi connectivity index (χ3n) is 10.3. The van der Waals surface area contributed by atoms with Gasteiger partial charge in [0, 0.05) is 12.3 Å². The first kappa shape index (κ1) is 38.4. The molecule has 0 saturated carbocycles. The number of fused-ring (bicyclic) bond motifs is 1. The van der Waals surface area contributed by atoms with E-state index in [1.807, 2.05) is 84.9 Å². The number of amides is 2. The summed E-state index contributed by atoms with van der Waals surface area (Å²) in [5.41, 5.74) is 0.567. The van der Waals surface area contributed by atoms with Crippen LogP contribution in [0.1, 0.15) is 75.4 Å². The molecule has 56 heavy (non-hydrogen) atoms. The highest BCUT2D eigenvalue weighted by Crippen LogP contribution is 2.43. The van der Waals surface area contributed by atoms with Crippen LogP contribution in [0.3, 0.4) is 0 Å². The van der Waals surface area contributed by atoms with Crippen molar-refractivity contribution in [2.45, 2.75) is 62.7 Å². The quantitative estimate of drug-likeness (QED) is 0.0831. The summed E-state index contributed by atoms with van der Waals surface area (Å²) < 4.78 is 25.3. The molecule has 0 radical (unpaired) electrons. The number of nitrogens with one attached hydrogen (secondary N) is 1. The van der Waals surface area contributed by atoms with Gasteiger partial charge >= 0.3 is 5.69 Å². The zero-order valence-corrected chi connectivity index (χ0v) is 31.3. The number of aromatic amines is 1. The number of hydrogen-bond donors (Lipinski definition) is 2. The monoisotopic (exact) mass is 761 g/mol. The Morgan fingerprint density at radius 3 is 2.02 bits per heavy atom. The van der Waals surface area contributed by atoms with Gasteiger partial charge in [-0.05, 0) is 65.4 Å². The van der Waals surface area contributed by atoms with Crippen molar-refractivity contribution in [3.05, 3.63) is 164 Å². The number of carbonyl (C=O) groups is 2. The number of imide groups is 1. The Kier molecular flexibility index (Phi) is 11.3. The van der Waals surface area contributed by atoms with Crippen LogP contribution in [0.4, 0.5) is 0 Å². The number of benzene rings is 4. The first-order valence-electron chi connectivity index (χ1n) is 18.5. The maximum Gasteiger partial charge on any atom is 0.330 e. The minimum absolute atomic E-state index is 0.182. The molecule has 2 aliphatic heterocycles. The Bertz CT molecular complexity index is 2240. The first-order chi connectivity index (χ1) is 27.2. The van der Waals surface area contributed by atoms with Gasteiger partial charge < -0.3 is 24.1 Å². The molecule has 2 aliphatic rings. The van der Waals surface area contributed by atoms with Crippen molar-refractivity contribution in [1.82, 2.24) is 14.6 Å². The number of nitrogens with zero attached hydrogens (tertiary/aromatic N) is 2. The number of rotatable bonds is 15.